The van der Waals surface area contributed by atoms with E-state index in [9.17, 15) is 23.2 Å². The van der Waals surface area contributed by atoms with Crippen molar-refractivity contribution in [3.8, 4) is 5.75 Å². The predicted molar refractivity (Wildman–Crippen MR) is 105 cm³/mol. The summed E-state index contributed by atoms with van der Waals surface area (Å²) in [4.78, 5) is 35.4. The zero-order valence-corrected chi connectivity index (χ0v) is 16.4. The van der Waals surface area contributed by atoms with Gasteiger partial charge < -0.3 is 20.1 Å². The van der Waals surface area contributed by atoms with E-state index in [-0.39, 0.29) is 5.69 Å². The van der Waals surface area contributed by atoms with E-state index in [1.165, 1.54) is 0 Å². The summed E-state index contributed by atoms with van der Waals surface area (Å²) in [5.41, 5.74) is 0.0861. The van der Waals surface area contributed by atoms with E-state index >= 15 is 0 Å². The molecule has 0 heterocycles. The van der Waals surface area contributed by atoms with Crippen molar-refractivity contribution in [3.63, 3.8) is 0 Å². The standard InChI is InChI=1S/C21H22F2N2O5/c1-2-3-10-29-16-7-4-14(5-8-16)21(28)24-12-20(27)30-13-19(26)25-18-9-6-15(22)11-17(18)23/h4-9,11H,2-3,10,12-13H2,1H3,(H,24,28)(H,25,26). The highest BCUT2D eigenvalue weighted by Crippen LogP contribution is 2.15. The summed E-state index contributed by atoms with van der Waals surface area (Å²) in [5, 5.41) is 4.52. The van der Waals surface area contributed by atoms with Gasteiger partial charge in [-0.15, -0.1) is 0 Å². The average Bonchev–Trinajstić information content (AvgIpc) is 2.73. The van der Waals surface area contributed by atoms with Crippen molar-refractivity contribution in [1.82, 2.24) is 5.32 Å². The Hall–Kier alpha value is -3.49. The predicted octanol–water partition coefficient (Wildman–Crippen LogP) is 3.06. The molecule has 0 aliphatic heterocycles. The highest BCUT2D eigenvalue weighted by atomic mass is 19.1. The molecule has 30 heavy (non-hydrogen) atoms. The fourth-order valence-corrected chi connectivity index (χ4v) is 2.27. The van der Waals surface area contributed by atoms with Crippen LogP contribution >= 0.6 is 0 Å². The average molecular weight is 420 g/mol. The summed E-state index contributed by atoms with van der Waals surface area (Å²) in [6, 6.07) is 9.07. The number of amides is 2. The van der Waals surface area contributed by atoms with Gasteiger partial charge in [-0.3, -0.25) is 14.4 Å². The van der Waals surface area contributed by atoms with Crippen LogP contribution in [0.3, 0.4) is 0 Å². The molecule has 2 rings (SSSR count). The molecule has 0 bridgehead atoms. The Balaban J connectivity index is 1.72. The molecule has 0 atom stereocenters. The smallest absolute Gasteiger partial charge is 0.325 e. The van der Waals surface area contributed by atoms with Gasteiger partial charge in [0.1, 0.15) is 23.9 Å². The largest absolute Gasteiger partial charge is 0.494 e. The third-order valence-corrected chi connectivity index (χ3v) is 3.85. The van der Waals surface area contributed by atoms with E-state index in [2.05, 4.69) is 17.6 Å². The van der Waals surface area contributed by atoms with Gasteiger partial charge in [0.25, 0.3) is 11.8 Å². The number of halogens is 2. The Morgan fingerprint density at radius 3 is 2.43 bits per heavy atom. The van der Waals surface area contributed by atoms with Crippen molar-refractivity contribution in [2.75, 3.05) is 25.1 Å². The highest BCUT2D eigenvalue weighted by molar-refractivity contribution is 5.96. The zero-order chi connectivity index (χ0) is 21.9. The molecular formula is C21H22F2N2O5. The molecule has 0 saturated carbocycles. The van der Waals surface area contributed by atoms with Crippen molar-refractivity contribution < 1.29 is 32.6 Å². The van der Waals surface area contributed by atoms with E-state index in [1.54, 1.807) is 24.3 Å². The van der Waals surface area contributed by atoms with Crippen LogP contribution in [0, 0.1) is 11.6 Å². The molecular weight excluding hydrogens is 398 g/mol. The first-order valence-electron chi connectivity index (χ1n) is 9.30. The number of hydrogen-bond acceptors (Lipinski definition) is 5. The maximum atomic E-state index is 13.5. The van der Waals surface area contributed by atoms with E-state index in [0.717, 1.165) is 25.0 Å². The fraction of sp³-hybridized carbons (Fsp3) is 0.286. The summed E-state index contributed by atoms with van der Waals surface area (Å²) in [7, 11) is 0. The van der Waals surface area contributed by atoms with Gasteiger partial charge in [-0.1, -0.05) is 13.3 Å². The van der Waals surface area contributed by atoms with Gasteiger partial charge in [0, 0.05) is 11.6 Å². The normalized spacial score (nSPS) is 10.2. The van der Waals surface area contributed by atoms with Crippen LogP contribution < -0.4 is 15.4 Å². The lowest BCUT2D eigenvalue weighted by atomic mass is 10.2. The molecule has 7 nitrogen and oxygen atoms in total. The Morgan fingerprint density at radius 2 is 1.77 bits per heavy atom. The maximum absolute atomic E-state index is 13.5. The van der Waals surface area contributed by atoms with E-state index in [4.69, 9.17) is 9.47 Å². The molecule has 0 spiro atoms. The minimum atomic E-state index is -0.955. The first-order chi connectivity index (χ1) is 14.4. The third kappa shape index (κ3) is 7.50. The van der Waals surface area contributed by atoms with E-state index in [1.807, 2.05) is 0 Å². The molecule has 9 heteroatoms. The molecule has 2 N–H and O–H groups in total. The molecule has 160 valence electrons. The monoisotopic (exact) mass is 420 g/mol. The Kier molecular flexibility index (Phi) is 8.74. The van der Waals surface area contributed by atoms with Crippen LogP contribution in [0.4, 0.5) is 14.5 Å². The molecule has 0 aromatic heterocycles. The summed E-state index contributed by atoms with van der Waals surface area (Å²) in [6.07, 6.45) is 1.95. The van der Waals surface area contributed by atoms with Crippen LogP contribution in [0.2, 0.25) is 0 Å². The maximum Gasteiger partial charge on any atom is 0.325 e. The molecule has 0 unspecified atom stereocenters. The van der Waals surface area contributed by atoms with E-state index < -0.39 is 42.6 Å². The molecule has 0 aliphatic carbocycles. The fourth-order valence-electron chi connectivity index (χ4n) is 2.27. The van der Waals surface area contributed by atoms with Crippen molar-refractivity contribution in [2.24, 2.45) is 0 Å². The number of unbranched alkanes of at least 4 members (excludes halogenated alkanes) is 1. The number of esters is 1. The Bertz CT molecular complexity index is 887. The van der Waals surface area contributed by atoms with Gasteiger partial charge in [-0.25, -0.2) is 8.78 Å². The lowest BCUT2D eigenvalue weighted by Gasteiger charge is -2.09. The number of carbonyl (C=O) groups is 3. The van der Waals surface area contributed by atoms with Crippen LogP contribution in [0.1, 0.15) is 30.1 Å². The van der Waals surface area contributed by atoms with Gasteiger partial charge >= 0.3 is 5.97 Å². The first kappa shape index (κ1) is 22.8. The quantitative estimate of drug-likeness (QED) is 0.455. The zero-order valence-electron chi connectivity index (χ0n) is 16.4. The van der Waals surface area contributed by atoms with Crippen LogP contribution in [-0.2, 0) is 14.3 Å². The van der Waals surface area contributed by atoms with Gasteiger partial charge in [0.2, 0.25) is 0 Å². The lowest BCUT2D eigenvalue weighted by Crippen LogP contribution is -2.32. The molecule has 2 aromatic rings. The number of carbonyl (C=O) groups excluding carboxylic acids is 3. The minimum absolute atomic E-state index is 0.243. The van der Waals surface area contributed by atoms with Gasteiger partial charge in [-0.2, -0.15) is 0 Å². The van der Waals surface area contributed by atoms with Crippen LogP contribution in [0.5, 0.6) is 5.75 Å². The number of rotatable bonds is 10. The molecule has 2 amide bonds. The van der Waals surface area contributed by atoms with Gasteiger partial charge in [0.15, 0.2) is 6.61 Å². The molecule has 0 saturated heterocycles. The number of nitrogens with one attached hydrogen (secondary N) is 2. The summed E-state index contributed by atoms with van der Waals surface area (Å²) >= 11 is 0. The Labute approximate surface area is 172 Å². The summed E-state index contributed by atoms with van der Waals surface area (Å²) in [6.45, 7) is 1.51. The SMILES string of the molecule is CCCCOc1ccc(C(=O)NCC(=O)OCC(=O)Nc2ccc(F)cc2F)cc1. The minimum Gasteiger partial charge on any atom is -0.494 e. The van der Waals surface area contributed by atoms with Crippen molar-refractivity contribution in [1.29, 1.82) is 0 Å². The van der Waals surface area contributed by atoms with Crippen LogP contribution in [-0.4, -0.2) is 37.5 Å². The second-order valence-electron chi connectivity index (χ2n) is 6.24. The van der Waals surface area contributed by atoms with Crippen molar-refractivity contribution >= 4 is 23.5 Å². The van der Waals surface area contributed by atoms with E-state index in [0.29, 0.717) is 24.0 Å². The van der Waals surface area contributed by atoms with Gasteiger partial charge in [-0.05, 0) is 42.8 Å². The molecule has 0 aliphatic rings. The number of benzene rings is 2. The third-order valence-electron chi connectivity index (χ3n) is 3.85. The molecule has 0 fully saturated rings. The van der Waals surface area contributed by atoms with Gasteiger partial charge in [0.05, 0.1) is 12.3 Å². The number of hydrogen-bond donors (Lipinski definition) is 2. The summed E-state index contributed by atoms with van der Waals surface area (Å²) in [5.74, 6) is -3.25. The second-order valence-corrected chi connectivity index (χ2v) is 6.24. The molecule has 0 radical (unpaired) electrons. The van der Waals surface area contributed by atoms with Crippen LogP contribution in [0.15, 0.2) is 42.5 Å². The highest BCUT2D eigenvalue weighted by Gasteiger charge is 2.13. The van der Waals surface area contributed by atoms with Crippen LogP contribution in [0.25, 0.3) is 0 Å². The first-order valence-corrected chi connectivity index (χ1v) is 9.30. The summed E-state index contributed by atoms with van der Waals surface area (Å²) < 4.78 is 36.5. The lowest BCUT2D eigenvalue weighted by molar-refractivity contribution is -0.146. The Morgan fingerprint density at radius 1 is 1.03 bits per heavy atom. The molecule has 2 aromatic carbocycles. The van der Waals surface area contributed by atoms with Crippen molar-refractivity contribution in [2.45, 2.75) is 19.8 Å². The second kappa shape index (κ2) is 11.5. The topological polar surface area (TPSA) is 93.7 Å². The number of anilines is 1. The van der Waals surface area contributed by atoms with Crippen molar-refractivity contribution in [3.05, 3.63) is 59.7 Å². The number of ether oxygens (including phenoxy) is 2.